The van der Waals surface area contributed by atoms with Crippen molar-refractivity contribution in [2.45, 2.75) is 12.6 Å². The molecule has 16 heavy (non-hydrogen) atoms. The van der Waals surface area contributed by atoms with Crippen LogP contribution in [-0.4, -0.2) is 42.3 Å². The van der Waals surface area contributed by atoms with Gasteiger partial charge in [-0.05, 0) is 25.0 Å². The quantitative estimate of drug-likeness (QED) is 0.212. The number of hydrogen-bond acceptors (Lipinski definition) is 4. The number of nitrogens with zero attached hydrogens (tertiary/aromatic N) is 1. The molecule has 4 nitrogen and oxygen atoms in total. The molecule has 0 aromatic heterocycles. The van der Waals surface area contributed by atoms with E-state index in [0.717, 1.165) is 12.2 Å². The molecule has 0 aliphatic heterocycles. The maximum atomic E-state index is 12.4. The number of nitrogens with two attached hydrogens (primary N) is 1. The second-order valence-electron chi connectivity index (χ2n) is 3.17. The van der Waals surface area contributed by atoms with Gasteiger partial charge in [0.05, 0.1) is 0 Å². The summed E-state index contributed by atoms with van der Waals surface area (Å²) < 4.78 is 37.3. The first-order valence-corrected chi connectivity index (χ1v) is 6.06. The van der Waals surface area contributed by atoms with E-state index in [4.69, 9.17) is 10.9 Å². The SMILES string of the molecule is CSCCCNCC(C(N)=NO)C(F)(F)F. The summed E-state index contributed by atoms with van der Waals surface area (Å²) in [7, 11) is 0. The van der Waals surface area contributed by atoms with Crippen LogP contribution in [0.25, 0.3) is 0 Å². The molecule has 0 aliphatic carbocycles. The van der Waals surface area contributed by atoms with Crippen LogP contribution in [0.2, 0.25) is 0 Å². The monoisotopic (exact) mass is 259 g/mol. The third kappa shape index (κ3) is 6.06. The molecule has 4 N–H and O–H groups in total. The maximum Gasteiger partial charge on any atom is 0.400 e. The normalized spacial score (nSPS) is 15.1. The van der Waals surface area contributed by atoms with Gasteiger partial charge in [-0.2, -0.15) is 24.9 Å². The van der Waals surface area contributed by atoms with E-state index in [9.17, 15) is 13.2 Å². The third-order valence-electron chi connectivity index (χ3n) is 1.92. The van der Waals surface area contributed by atoms with Crippen molar-refractivity contribution < 1.29 is 18.4 Å². The highest BCUT2D eigenvalue weighted by molar-refractivity contribution is 7.98. The van der Waals surface area contributed by atoms with Crippen LogP contribution in [0.5, 0.6) is 0 Å². The molecule has 0 radical (unpaired) electrons. The van der Waals surface area contributed by atoms with E-state index in [2.05, 4.69) is 10.5 Å². The van der Waals surface area contributed by atoms with E-state index in [1.54, 1.807) is 11.8 Å². The van der Waals surface area contributed by atoms with Gasteiger partial charge >= 0.3 is 6.18 Å². The highest BCUT2D eigenvalue weighted by Gasteiger charge is 2.42. The Morgan fingerprint density at radius 1 is 1.56 bits per heavy atom. The van der Waals surface area contributed by atoms with Crippen molar-refractivity contribution in [3.63, 3.8) is 0 Å². The van der Waals surface area contributed by atoms with Crippen LogP contribution in [0.1, 0.15) is 6.42 Å². The largest absolute Gasteiger partial charge is 0.409 e. The summed E-state index contributed by atoms with van der Waals surface area (Å²) in [5.41, 5.74) is 4.98. The zero-order valence-corrected chi connectivity index (χ0v) is 9.74. The molecule has 8 heteroatoms. The molecule has 0 heterocycles. The van der Waals surface area contributed by atoms with E-state index >= 15 is 0 Å². The number of rotatable bonds is 7. The lowest BCUT2D eigenvalue weighted by Gasteiger charge is -2.19. The van der Waals surface area contributed by atoms with Gasteiger partial charge in [-0.15, -0.1) is 0 Å². The number of nitrogens with one attached hydrogen (secondary N) is 1. The van der Waals surface area contributed by atoms with Crippen molar-refractivity contribution in [1.82, 2.24) is 5.32 Å². The first-order valence-electron chi connectivity index (χ1n) is 4.67. The van der Waals surface area contributed by atoms with Gasteiger partial charge in [-0.25, -0.2) is 0 Å². The number of alkyl halides is 3. The van der Waals surface area contributed by atoms with Crippen LogP contribution in [0.4, 0.5) is 13.2 Å². The van der Waals surface area contributed by atoms with Crippen molar-refractivity contribution in [3.8, 4) is 0 Å². The molecule has 0 spiro atoms. The van der Waals surface area contributed by atoms with Crippen molar-refractivity contribution in [2.24, 2.45) is 16.8 Å². The van der Waals surface area contributed by atoms with Gasteiger partial charge < -0.3 is 16.3 Å². The van der Waals surface area contributed by atoms with Crippen LogP contribution in [0.3, 0.4) is 0 Å². The average Bonchev–Trinajstić information content (AvgIpc) is 2.20. The lowest BCUT2D eigenvalue weighted by atomic mass is 10.1. The van der Waals surface area contributed by atoms with Crippen LogP contribution in [-0.2, 0) is 0 Å². The Balaban J connectivity index is 4.05. The van der Waals surface area contributed by atoms with E-state index in [0.29, 0.717) is 6.54 Å². The summed E-state index contributed by atoms with van der Waals surface area (Å²) in [5, 5.41) is 13.3. The lowest BCUT2D eigenvalue weighted by molar-refractivity contribution is -0.154. The Morgan fingerprint density at radius 3 is 2.62 bits per heavy atom. The van der Waals surface area contributed by atoms with Crippen LogP contribution >= 0.6 is 11.8 Å². The molecule has 0 aromatic carbocycles. The fourth-order valence-electron chi connectivity index (χ4n) is 1.05. The predicted octanol–water partition coefficient (Wildman–Crippen LogP) is 1.25. The Bertz CT molecular complexity index is 223. The molecule has 1 unspecified atom stereocenters. The molecular formula is C8H16F3N3OS. The van der Waals surface area contributed by atoms with Crippen molar-refractivity contribution in [3.05, 3.63) is 0 Å². The molecule has 0 aliphatic rings. The Kier molecular flexibility index (Phi) is 7.31. The molecule has 0 saturated carbocycles. The summed E-state index contributed by atoms with van der Waals surface area (Å²) in [4.78, 5) is 0. The summed E-state index contributed by atoms with van der Waals surface area (Å²) in [6.07, 6.45) is -1.79. The number of hydrogen-bond donors (Lipinski definition) is 3. The topological polar surface area (TPSA) is 70.6 Å². The van der Waals surface area contributed by atoms with E-state index in [1.807, 2.05) is 6.26 Å². The fourth-order valence-corrected chi connectivity index (χ4v) is 1.48. The van der Waals surface area contributed by atoms with Gasteiger partial charge in [-0.1, -0.05) is 5.16 Å². The molecule has 0 aromatic rings. The van der Waals surface area contributed by atoms with Crippen molar-refractivity contribution in [2.75, 3.05) is 25.1 Å². The lowest BCUT2D eigenvalue weighted by Crippen LogP contribution is -2.43. The smallest absolute Gasteiger partial charge is 0.400 e. The summed E-state index contributed by atoms with van der Waals surface area (Å²) >= 11 is 1.63. The average molecular weight is 259 g/mol. The zero-order valence-electron chi connectivity index (χ0n) is 8.92. The number of amidine groups is 1. The fraction of sp³-hybridized carbons (Fsp3) is 0.875. The molecular weight excluding hydrogens is 243 g/mol. The molecule has 0 bridgehead atoms. The van der Waals surface area contributed by atoms with Crippen LogP contribution in [0.15, 0.2) is 5.16 Å². The van der Waals surface area contributed by atoms with Crippen molar-refractivity contribution >= 4 is 17.6 Å². The predicted molar refractivity (Wildman–Crippen MR) is 58.8 cm³/mol. The van der Waals surface area contributed by atoms with Crippen molar-refractivity contribution in [1.29, 1.82) is 0 Å². The van der Waals surface area contributed by atoms with Gasteiger partial charge in [0.1, 0.15) is 5.92 Å². The van der Waals surface area contributed by atoms with Gasteiger partial charge in [0, 0.05) is 6.54 Å². The second-order valence-corrected chi connectivity index (χ2v) is 4.16. The maximum absolute atomic E-state index is 12.4. The zero-order chi connectivity index (χ0) is 12.6. The standard InChI is InChI=1S/C8H16F3N3OS/c1-16-4-2-3-13-5-6(7(12)14-15)8(9,10)11/h6,13,15H,2-5H2,1H3,(H2,12,14). The summed E-state index contributed by atoms with van der Waals surface area (Å²) in [5.74, 6) is -1.87. The summed E-state index contributed by atoms with van der Waals surface area (Å²) in [6.45, 7) is 0.111. The highest BCUT2D eigenvalue weighted by Crippen LogP contribution is 2.25. The number of halogens is 3. The first-order chi connectivity index (χ1) is 7.43. The minimum Gasteiger partial charge on any atom is -0.409 e. The Labute approximate surface area is 96.4 Å². The van der Waals surface area contributed by atoms with Gasteiger partial charge in [0.2, 0.25) is 0 Å². The Morgan fingerprint density at radius 2 is 2.19 bits per heavy atom. The minimum absolute atomic E-state index is 0.367. The molecule has 96 valence electrons. The van der Waals surface area contributed by atoms with E-state index < -0.39 is 17.9 Å². The number of oxime groups is 1. The van der Waals surface area contributed by atoms with Crippen LogP contribution in [0, 0.1) is 5.92 Å². The first kappa shape index (κ1) is 15.4. The third-order valence-corrected chi connectivity index (χ3v) is 2.62. The van der Waals surface area contributed by atoms with Gasteiger partial charge in [0.25, 0.3) is 0 Å². The molecule has 0 rings (SSSR count). The second kappa shape index (κ2) is 7.61. The molecule has 1 atom stereocenters. The molecule has 0 fully saturated rings. The summed E-state index contributed by atoms with van der Waals surface area (Å²) in [6, 6.07) is 0. The number of thioether (sulfide) groups is 1. The molecule has 0 saturated heterocycles. The molecule has 0 amide bonds. The van der Waals surface area contributed by atoms with E-state index in [1.165, 1.54) is 0 Å². The highest BCUT2D eigenvalue weighted by atomic mass is 32.2. The van der Waals surface area contributed by atoms with E-state index in [-0.39, 0.29) is 6.54 Å². The minimum atomic E-state index is -4.50. The Hall–Kier alpha value is -0.630. The van der Waals surface area contributed by atoms with Gasteiger partial charge in [0.15, 0.2) is 5.84 Å². The van der Waals surface area contributed by atoms with Crippen LogP contribution < -0.4 is 11.1 Å². The van der Waals surface area contributed by atoms with Gasteiger partial charge in [-0.3, -0.25) is 0 Å².